The average molecular weight is 222 g/mol. The first-order chi connectivity index (χ1) is 7.56. The molecule has 0 saturated carbocycles. The molecule has 0 saturated heterocycles. The third kappa shape index (κ3) is 3.17. The lowest BCUT2D eigenvalue weighted by atomic mass is 10.1. The molecular formula is C12H22N4. The molecule has 0 fully saturated rings. The van der Waals surface area contributed by atoms with E-state index in [1.54, 1.807) is 6.33 Å². The molecule has 2 N–H and O–H groups in total. The van der Waals surface area contributed by atoms with E-state index in [2.05, 4.69) is 48.6 Å². The first kappa shape index (κ1) is 12.9. The van der Waals surface area contributed by atoms with Crippen molar-refractivity contribution in [2.45, 2.75) is 39.7 Å². The molecular weight excluding hydrogens is 200 g/mol. The van der Waals surface area contributed by atoms with Crippen LogP contribution in [0.3, 0.4) is 0 Å². The van der Waals surface area contributed by atoms with Gasteiger partial charge in [0.2, 0.25) is 0 Å². The fourth-order valence-electron chi connectivity index (χ4n) is 1.61. The number of rotatable bonds is 5. The highest BCUT2D eigenvalue weighted by molar-refractivity contribution is 5.40. The van der Waals surface area contributed by atoms with Crippen LogP contribution in [0.1, 0.15) is 39.3 Å². The fourth-order valence-corrected chi connectivity index (χ4v) is 1.61. The predicted molar refractivity (Wildman–Crippen MR) is 67.7 cm³/mol. The lowest BCUT2D eigenvalue weighted by molar-refractivity contribution is 0.670. The van der Waals surface area contributed by atoms with E-state index < -0.39 is 0 Å². The van der Waals surface area contributed by atoms with Crippen molar-refractivity contribution in [2.24, 2.45) is 5.73 Å². The predicted octanol–water partition coefficient (Wildman–Crippen LogP) is 1.77. The highest BCUT2D eigenvalue weighted by Crippen LogP contribution is 2.18. The van der Waals surface area contributed by atoms with Gasteiger partial charge in [0.25, 0.3) is 0 Å². The normalized spacial score (nSPS) is 11.2. The smallest absolute Gasteiger partial charge is 0.132 e. The maximum Gasteiger partial charge on any atom is 0.132 e. The van der Waals surface area contributed by atoms with Gasteiger partial charge in [0.15, 0.2) is 0 Å². The molecule has 16 heavy (non-hydrogen) atoms. The first-order valence-corrected chi connectivity index (χ1v) is 5.85. The van der Waals surface area contributed by atoms with Crippen molar-refractivity contribution >= 4 is 5.82 Å². The molecule has 1 aromatic rings. The van der Waals surface area contributed by atoms with Gasteiger partial charge in [0.1, 0.15) is 12.1 Å². The number of nitrogens with two attached hydrogens (primary N) is 1. The lowest BCUT2D eigenvalue weighted by Crippen LogP contribution is -2.36. The van der Waals surface area contributed by atoms with Gasteiger partial charge in [-0.25, -0.2) is 9.97 Å². The minimum Gasteiger partial charge on any atom is -0.353 e. The van der Waals surface area contributed by atoms with Crippen LogP contribution in [0.4, 0.5) is 5.82 Å². The Kier molecular flexibility index (Phi) is 4.68. The topological polar surface area (TPSA) is 55.0 Å². The van der Waals surface area contributed by atoms with Gasteiger partial charge in [-0.2, -0.15) is 0 Å². The van der Waals surface area contributed by atoms with E-state index in [4.69, 9.17) is 5.73 Å². The summed E-state index contributed by atoms with van der Waals surface area (Å²) in [4.78, 5) is 10.8. The van der Waals surface area contributed by atoms with Gasteiger partial charge in [0.05, 0.1) is 0 Å². The van der Waals surface area contributed by atoms with Crippen LogP contribution >= 0.6 is 0 Å². The first-order valence-electron chi connectivity index (χ1n) is 5.85. The minimum atomic E-state index is 0.401. The molecule has 1 heterocycles. The van der Waals surface area contributed by atoms with Crippen LogP contribution in [-0.4, -0.2) is 29.1 Å². The SMILES string of the molecule is CC(C)c1cc(N(CCN)C(C)C)ncn1. The number of hydrogen-bond acceptors (Lipinski definition) is 4. The van der Waals surface area contributed by atoms with Crippen molar-refractivity contribution in [1.29, 1.82) is 0 Å². The van der Waals surface area contributed by atoms with Crippen LogP contribution in [0.25, 0.3) is 0 Å². The van der Waals surface area contributed by atoms with Gasteiger partial charge >= 0.3 is 0 Å². The molecule has 1 rings (SSSR count). The van der Waals surface area contributed by atoms with Gasteiger partial charge in [-0.1, -0.05) is 13.8 Å². The Morgan fingerprint density at radius 3 is 2.44 bits per heavy atom. The van der Waals surface area contributed by atoms with Crippen LogP contribution in [0.15, 0.2) is 12.4 Å². The Hall–Kier alpha value is -1.16. The van der Waals surface area contributed by atoms with Gasteiger partial charge in [-0.05, 0) is 19.8 Å². The number of nitrogens with zero attached hydrogens (tertiary/aromatic N) is 3. The Morgan fingerprint density at radius 1 is 1.25 bits per heavy atom. The van der Waals surface area contributed by atoms with Gasteiger partial charge in [-0.3, -0.25) is 0 Å². The molecule has 4 heteroatoms. The van der Waals surface area contributed by atoms with Gasteiger partial charge in [-0.15, -0.1) is 0 Å². The monoisotopic (exact) mass is 222 g/mol. The van der Waals surface area contributed by atoms with E-state index in [1.165, 1.54) is 0 Å². The Balaban J connectivity index is 2.95. The zero-order valence-corrected chi connectivity index (χ0v) is 10.6. The Bertz CT molecular complexity index is 323. The van der Waals surface area contributed by atoms with E-state index in [1.807, 2.05) is 0 Å². The highest BCUT2D eigenvalue weighted by atomic mass is 15.2. The third-order valence-electron chi connectivity index (χ3n) is 2.55. The summed E-state index contributed by atoms with van der Waals surface area (Å²) in [6.45, 7) is 10.0. The molecule has 0 amide bonds. The summed E-state index contributed by atoms with van der Waals surface area (Å²) in [5.41, 5.74) is 6.69. The van der Waals surface area contributed by atoms with Crippen molar-refractivity contribution in [3.8, 4) is 0 Å². The maximum absolute atomic E-state index is 5.62. The number of hydrogen-bond donors (Lipinski definition) is 1. The lowest BCUT2D eigenvalue weighted by Gasteiger charge is -2.27. The van der Waals surface area contributed by atoms with E-state index in [9.17, 15) is 0 Å². The largest absolute Gasteiger partial charge is 0.353 e. The van der Waals surface area contributed by atoms with Crippen molar-refractivity contribution in [1.82, 2.24) is 9.97 Å². The van der Waals surface area contributed by atoms with E-state index >= 15 is 0 Å². The average Bonchev–Trinajstić information content (AvgIpc) is 2.25. The number of aromatic nitrogens is 2. The van der Waals surface area contributed by atoms with E-state index in [0.717, 1.165) is 18.1 Å². The Morgan fingerprint density at radius 2 is 1.94 bits per heavy atom. The summed E-state index contributed by atoms with van der Waals surface area (Å²) in [7, 11) is 0. The summed E-state index contributed by atoms with van der Waals surface area (Å²) in [5, 5.41) is 0. The molecule has 0 spiro atoms. The van der Waals surface area contributed by atoms with Crippen LogP contribution < -0.4 is 10.6 Å². The van der Waals surface area contributed by atoms with Gasteiger partial charge in [0, 0.05) is 30.9 Å². The highest BCUT2D eigenvalue weighted by Gasteiger charge is 2.12. The number of anilines is 1. The summed E-state index contributed by atoms with van der Waals surface area (Å²) in [6, 6.07) is 2.46. The molecule has 0 bridgehead atoms. The molecule has 0 aliphatic rings. The molecule has 1 aromatic heterocycles. The summed E-state index contributed by atoms with van der Waals surface area (Å²) < 4.78 is 0. The second-order valence-corrected chi connectivity index (χ2v) is 4.53. The minimum absolute atomic E-state index is 0.401. The van der Waals surface area contributed by atoms with Crippen LogP contribution in [-0.2, 0) is 0 Å². The van der Waals surface area contributed by atoms with Crippen LogP contribution in [0.5, 0.6) is 0 Å². The summed E-state index contributed by atoms with van der Waals surface area (Å²) in [6.07, 6.45) is 1.64. The van der Waals surface area contributed by atoms with Gasteiger partial charge < -0.3 is 10.6 Å². The maximum atomic E-state index is 5.62. The van der Waals surface area contributed by atoms with Crippen molar-refractivity contribution in [3.05, 3.63) is 18.1 Å². The molecule has 90 valence electrons. The van der Waals surface area contributed by atoms with E-state index in [-0.39, 0.29) is 0 Å². The zero-order chi connectivity index (χ0) is 12.1. The van der Waals surface area contributed by atoms with Crippen LogP contribution in [0.2, 0.25) is 0 Å². The zero-order valence-electron chi connectivity index (χ0n) is 10.6. The molecule has 0 atom stereocenters. The summed E-state index contributed by atoms with van der Waals surface area (Å²) in [5.74, 6) is 1.40. The van der Waals surface area contributed by atoms with Crippen molar-refractivity contribution < 1.29 is 0 Å². The summed E-state index contributed by atoms with van der Waals surface area (Å²) >= 11 is 0. The fraction of sp³-hybridized carbons (Fsp3) is 0.667. The molecule has 0 aliphatic heterocycles. The van der Waals surface area contributed by atoms with E-state index in [0.29, 0.717) is 18.5 Å². The molecule has 4 nitrogen and oxygen atoms in total. The molecule has 0 aliphatic carbocycles. The van der Waals surface area contributed by atoms with Crippen LogP contribution in [0, 0.1) is 0 Å². The second kappa shape index (κ2) is 5.80. The molecule has 0 aromatic carbocycles. The van der Waals surface area contributed by atoms with Crippen molar-refractivity contribution in [2.75, 3.05) is 18.0 Å². The quantitative estimate of drug-likeness (QED) is 0.825. The Labute approximate surface area is 97.9 Å². The molecule has 0 unspecified atom stereocenters. The third-order valence-corrected chi connectivity index (χ3v) is 2.55. The standard InChI is InChI=1S/C12H22N4/c1-9(2)11-7-12(15-8-14-11)16(6-5-13)10(3)4/h7-10H,5-6,13H2,1-4H3. The molecule has 0 radical (unpaired) electrons. The van der Waals surface area contributed by atoms with Crippen molar-refractivity contribution in [3.63, 3.8) is 0 Å². The second-order valence-electron chi connectivity index (χ2n) is 4.53.